The molecule has 3 rings (SSSR count). The molecule has 0 aliphatic carbocycles. The molecule has 3 N–H and O–H groups in total. The maximum atomic E-state index is 6.52. The summed E-state index contributed by atoms with van der Waals surface area (Å²) in [6.07, 6.45) is 3.54. The van der Waals surface area contributed by atoms with E-state index in [1.54, 1.807) is 0 Å². The fourth-order valence-electron chi connectivity index (χ4n) is 3.34. The van der Waals surface area contributed by atoms with Crippen LogP contribution < -0.4 is 16.0 Å². The van der Waals surface area contributed by atoms with Gasteiger partial charge in [0.15, 0.2) is 0 Å². The minimum Gasteiger partial charge on any atom is -0.369 e. The first-order chi connectivity index (χ1) is 13.4. The molecule has 1 atom stereocenters. The van der Waals surface area contributed by atoms with Crippen LogP contribution >= 0.6 is 23.2 Å². The van der Waals surface area contributed by atoms with Gasteiger partial charge in [-0.25, -0.2) is 0 Å². The standard InChI is InChI=1S/C22H28Cl2N4/c1-16(2)27-11-13-28(14-12-27)20-9-3-17(21(24)15-20)4-10-22(25)26-19-7-5-18(23)6-8-19/h3-10,15-16,22,26H,11-14,25H2,1-2H3/b10-4+. The van der Waals surface area contributed by atoms with Gasteiger partial charge in [-0.05, 0) is 61.9 Å². The van der Waals surface area contributed by atoms with Crippen LogP contribution in [0.5, 0.6) is 0 Å². The summed E-state index contributed by atoms with van der Waals surface area (Å²) in [5.41, 5.74) is 9.19. The van der Waals surface area contributed by atoms with Gasteiger partial charge in [0.1, 0.15) is 0 Å². The SMILES string of the molecule is CC(C)N1CCN(c2ccc(/C=C/C(N)Nc3ccc(Cl)cc3)c(Cl)c2)CC1. The van der Waals surface area contributed by atoms with Crippen LogP contribution in [0.1, 0.15) is 19.4 Å². The molecule has 2 aromatic carbocycles. The van der Waals surface area contributed by atoms with E-state index in [2.05, 4.69) is 41.1 Å². The number of hydrogen-bond donors (Lipinski definition) is 2. The fraction of sp³-hybridized carbons (Fsp3) is 0.364. The number of halogens is 2. The predicted molar refractivity (Wildman–Crippen MR) is 122 cm³/mol. The van der Waals surface area contributed by atoms with Gasteiger partial charge in [-0.1, -0.05) is 35.3 Å². The van der Waals surface area contributed by atoms with Crippen molar-refractivity contribution >= 4 is 40.7 Å². The largest absolute Gasteiger partial charge is 0.369 e. The van der Waals surface area contributed by atoms with Crippen LogP contribution in [0, 0.1) is 0 Å². The molecule has 4 nitrogen and oxygen atoms in total. The van der Waals surface area contributed by atoms with Crippen molar-refractivity contribution < 1.29 is 0 Å². The second-order valence-electron chi connectivity index (χ2n) is 7.36. The number of nitrogens with zero attached hydrogens (tertiary/aromatic N) is 2. The molecule has 0 radical (unpaired) electrons. The van der Waals surface area contributed by atoms with Gasteiger partial charge >= 0.3 is 0 Å². The van der Waals surface area contributed by atoms with Crippen molar-refractivity contribution in [2.24, 2.45) is 5.73 Å². The zero-order chi connectivity index (χ0) is 20.1. The number of piperazine rings is 1. The monoisotopic (exact) mass is 418 g/mol. The third-order valence-corrected chi connectivity index (χ3v) is 5.63. The first-order valence-electron chi connectivity index (χ1n) is 9.67. The summed E-state index contributed by atoms with van der Waals surface area (Å²) in [6.45, 7) is 8.73. The zero-order valence-electron chi connectivity index (χ0n) is 16.4. The lowest BCUT2D eigenvalue weighted by atomic mass is 10.1. The summed E-state index contributed by atoms with van der Waals surface area (Å²) in [7, 11) is 0. The van der Waals surface area contributed by atoms with Gasteiger partial charge in [0.2, 0.25) is 0 Å². The summed E-state index contributed by atoms with van der Waals surface area (Å²) in [6, 6.07) is 14.3. The first-order valence-corrected chi connectivity index (χ1v) is 10.4. The van der Waals surface area contributed by atoms with Crippen LogP contribution in [0.4, 0.5) is 11.4 Å². The molecule has 1 unspecified atom stereocenters. The van der Waals surface area contributed by atoms with Crippen LogP contribution in [0.2, 0.25) is 10.0 Å². The Morgan fingerprint density at radius 3 is 2.29 bits per heavy atom. The summed E-state index contributed by atoms with van der Waals surface area (Å²) < 4.78 is 0. The first kappa shape index (κ1) is 21.0. The lowest BCUT2D eigenvalue weighted by molar-refractivity contribution is 0.209. The topological polar surface area (TPSA) is 44.5 Å². The third kappa shape index (κ3) is 5.65. The molecular weight excluding hydrogens is 391 g/mol. The van der Waals surface area contributed by atoms with Crippen molar-refractivity contribution in [3.63, 3.8) is 0 Å². The van der Waals surface area contributed by atoms with Crippen molar-refractivity contribution in [3.05, 3.63) is 64.1 Å². The van der Waals surface area contributed by atoms with Crippen molar-refractivity contribution in [1.29, 1.82) is 0 Å². The normalized spacial score (nSPS) is 16.7. The smallest absolute Gasteiger partial charge is 0.0938 e. The van der Waals surface area contributed by atoms with Gasteiger partial charge in [0.05, 0.1) is 6.17 Å². The number of anilines is 2. The molecule has 1 saturated heterocycles. The quantitative estimate of drug-likeness (QED) is 0.652. The molecule has 1 heterocycles. The zero-order valence-corrected chi connectivity index (χ0v) is 17.9. The van der Waals surface area contributed by atoms with Gasteiger partial charge < -0.3 is 16.0 Å². The predicted octanol–water partition coefficient (Wildman–Crippen LogP) is 4.93. The lowest BCUT2D eigenvalue weighted by Crippen LogP contribution is -2.48. The summed E-state index contributed by atoms with van der Waals surface area (Å²) >= 11 is 12.4. The molecule has 1 aliphatic rings. The Morgan fingerprint density at radius 2 is 1.68 bits per heavy atom. The van der Waals surface area contributed by atoms with E-state index in [0.717, 1.165) is 42.5 Å². The Hall–Kier alpha value is -1.72. The minimum absolute atomic E-state index is 0.318. The van der Waals surface area contributed by atoms with E-state index in [1.807, 2.05) is 42.5 Å². The molecule has 0 spiro atoms. The number of hydrogen-bond acceptors (Lipinski definition) is 4. The molecular formula is C22H28Cl2N4. The number of nitrogens with one attached hydrogen (secondary N) is 1. The van der Waals surface area contributed by atoms with Gasteiger partial charge in [-0.3, -0.25) is 4.90 Å². The molecule has 0 aromatic heterocycles. The molecule has 28 heavy (non-hydrogen) atoms. The van der Waals surface area contributed by atoms with Crippen molar-refractivity contribution in [3.8, 4) is 0 Å². The Balaban J connectivity index is 1.59. The Bertz CT molecular complexity index is 797. The van der Waals surface area contributed by atoms with Crippen molar-refractivity contribution in [1.82, 2.24) is 4.90 Å². The number of benzene rings is 2. The highest BCUT2D eigenvalue weighted by Crippen LogP contribution is 2.26. The van der Waals surface area contributed by atoms with Gasteiger partial charge in [-0.15, -0.1) is 0 Å². The average molecular weight is 419 g/mol. The molecule has 2 aromatic rings. The molecule has 6 heteroatoms. The second kappa shape index (κ2) is 9.66. The minimum atomic E-state index is -0.318. The molecule has 0 bridgehead atoms. The molecule has 0 amide bonds. The lowest BCUT2D eigenvalue weighted by Gasteiger charge is -2.38. The fourth-order valence-corrected chi connectivity index (χ4v) is 3.70. The highest BCUT2D eigenvalue weighted by molar-refractivity contribution is 6.32. The average Bonchev–Trinajstić information content (AvgIpc) is 2.69. The van der Waals surface area contributed by atoms with Crippen LogP contribution in [0.15, 0.2) is 48.5 Å². The van der Waals surface area contributed by atoms with Gasteiger partial charge in [0, 0.05) is 53.6 Å². The van der Waals surface area contributed by atoms with E-state index >= 15 is 0 Å². The number of nitrogens with two attached hydrogens (primary N) is 1. The molecule has 1 aliphatic heterocycles. The van der Waals surface area contributed by atoms with E-state index in [9.17, 15) is 0 Å². The second-order valence-corrected chi connectivity index (χ2v) is 8.20. The summed E-state index contributed by atoms with van der Waals surface area (Å²) in [5, 5.41) is 4.65. The van der Waals surface area contributed by atoms with E-state index in [4.69, 9.17) is 28.9 Å². The van der Waals surface area contributed by atoms with Crippen LogP contribution in [0.25, 0.3) is 6.08 Å². The van der Waals surface area contributed by atoms with Crippen LogP contribution in [0.3, 0.4) is 0 Å². The highest BCUT2D eigenvalue weighted by atomic mass is 35.5. The van der Waals surface area contributed by atoms with E-state index < -0.39 is 0 Å². The van der Waals surface area contributed by atoms with Gasteiger partial charge in [-0.2, -0.15) is 0 Å². The Kier molecular flexibility index (Phi) is 7.24. The van der Waals surface area contributed by atoms with Crippen molar-refractivity contribution in [2.45, 2.75) is 26.1 Å². The molecule has 1 fully saturated rings. The van der Waals surface area contributed by atoms with Crippen LogP contribution in [-0.4, -0.2) is 43.3 Å². The Labute approximate surface area is 177 Å². The van der Waals surface area contributed by atoms with Crippen molar-refractivity contribution in [2.75, 3.05) is 36.4 Å². The molecule has 0 saturated carbocycles. The van der Waals surface area contributed by atoms with E-state index in [-0.39, 0.29) is 6.17 Å². The maximum absolute atomic E-state index is 6.52. The highest BCUT2D eigenvalue weighted by Gasteiger charge is 2.19. The Morgan fingerprint density at radius 1 is 1.00 bits per heavy atom. The van der Waals surface area contributed by atoms with Gasteiger partial charge in [0.25, 0.3) is 0 Å². The molecule has 150 valence electrons. The van der Waals surface area contributed by atoms with E-state index in [1.165, 1.54) is 5.69 Å². The summed E-state index contributed by atoms with van der Waals surface area (Å²) in [4.78, 5) is 4.90. The van der Waals surface area contributed by atoms with Crippen LogP contribution in [-0.2, 0) is 0 Å². The maximum Gasteiger partial charge on any atom is 0.0938 e. The number of rotatable bonds is 6. The van der Waals surface area contributed by atoms with E-state index in [0.29, 0.717) is 11.1 Å². The third-order valence-electron chi connectivity index (χ3n) is 5.05. The summed E-state index contributed by atoms with van der Waals surface area (Å²) in [5.74, 6) is 0.